The molecule has 1 rings (SSSR count). The van der Waals surface area contributed by atoms with Crippen LogP contribution in [0.25, 0.3) is 0 Å². The topological polar surface area (TPSA) is 18.5 Å². The predicted molar refractivity (Wildman–Crippen MR) is 82.1 cm³/mol. The molecule has 0 aromatic rings. The van der Waals surface area contributed by atoms with Gasteiger partial charge in [0.05, 0.1) is 0 Å². The van der Waals surface area contributed by atoms with E-state index in [-0.39, 0.29) is 0 Å². The highest BCUT2D eigenvalue weighted by molar-refractivity contribution is 8.74. The van der Waals surface area contributed by atoms with E-state index in [9.17, 15) is 0 Å². The summed E-state index contributed by atoms with van der Waals surface area (Å²) in [6, 6.07) is 0. The van der Waals surface area contributed by atoms with E-state index >= 15 is 0 Å². The van der Waals surface area contributed by atoms with Gasteiger partial charge in [0.1, 0.15) is 17.3 Å². The van der Waals surface area contributed by atoms with Gasteiger partial charge in [-0.05, 0) is 25.3 Å². The Kier molecular flexibility index (Phi) is 11.9. The average Bonchev–Trinajstić information content (AvgIpc) is 2.39. The fourth-order valence-electron chi connectivity index (χ4n) is 1.83. The van der Waals surface area contributed by atoms with Crippen molar-refractivity contribution in [1.29, 1.82) is 0 Å². The van der Waals surface area contributed by atoms with Gasteiger partial charge in [0, 0.05) is 5.75 Å². The smallest absolute Gasteiger partial charge is 0.130 e. The lowest BCUT2D eigenvalue weighted by Gasteiger charge is -2.02. The van der Waals surface area contributed by atoms with Crippen molar-refractivity contribution in [3.05, 3.63) is 24.5 Å². The summed E-state index contributed by atoms with van der Waals surface area (Å²) in [5.74, 6) is 1.14. The van der Waals surface area contributed by atoms with Gasteiger partial charge >= 0.3 is 0 Å². The van der Waals surface area contributed by atoms with Crippen LogP contribution in [0.2, 0.25) is 0 Å². The fraction of sp³-hybridized carbons (Fsp3) is 0.714. The lowest BCUT2D eigenvalue weighted by atomic mass is 10.1. The second kappa shape index (κ2) is 13.4. The third kappa shape index (κ3) is 11.1. The van der Waals surface area contributed by atoms with Crippen molar-refractivity contribution in [3.63, 3.8) is 0 Å². The van der Waals surface area contributed by atoms with Crippen molar-refractivity contribution < 1.29 is 9.22 Å². The van der Waals surface area contributed by atoms with E-state index in [2.05, 4.69) is 6.08 Å². The molecule has 0 N–H and O–H groups in total. The van der Waals surface area contributed by atoms with Crippen LogP contribution in [-0.2, 0) is 9.22 Å². The van der Waals surface area contributed by atoms with Gasteiger partial charge < -0.3 is 4.89 Å². The van der Waals surface area contributed by atoms with E-state index in [4.69, 9.17) is 9.22 Å². The van der Waals surface area contributed by atoms with Gasteiger partial charge in [-0.15, -0.1) is 4.33 Å². The molecule has 0 fully saturated rings. The van der Waals surface area contributed by atoms with E-state index in [1.807, 2.05) is 12.2 Å². The van der Waals surface area contributed by atoms with Crippen molar-refractivity contribution in [2.75, 3.05) is 5.75 Å². The lowest BCUT2D eigenvalue weighted by Crippen LogP contribution is -1.83. The maximum atomic E-state index is 4.94. The zero-order valence-electron chi connectivity index (χ0n) is 11.0. The molecule has 1 aliphatic heterocycles. The highest BCUT2D eigenvalue weighted by Gasteiger charge is 1.94. The van der Waals surface area contributed by atoms with Crippen molar-refractivity contribution in [3.8, 4) is 0 Å². The normalized spacial score (nSPS) is 25.3. The second-order valence-corrected chi connectivity index (χ2v) is 6.46. The largest absolute Gasteiger partial charge is 0.332 e. The Labute approximate surface area is 119 Å². The monoisotopic (exact) mass is 288 g/mol. The molecule has 0 radical (unpaired) electrons. The SMILES string of the molecule is C1=C\OOSSCCCCCCCCCC/C=C/1. The van der Waals surface area contributed by atoms with E-state index in [0.29, 0.717) is 0 Å². The molecule has 0 saturated carbocycles. The van der Waals surface area contributed by atoms with Crippen LogP contribution in [0, 0.1) is 0 Å². The van der Waals surface area contributed by atoms with Gasteiger partial charge in [-0.2, -0.15) is 0 Å². The minimum Gasteiger partial charge on any atom is -0.332 e. The predicted octanol–water partition coefficient (Wildman–Crippen LogP) is 5.83. The molecule has 0 unspecified atom stereocenters. The molecule has 2 nitrogen and oxygen atoms in total. The third-order valence-electron chi connectivity index (χ3n) is 2.84. The maximum absolute atomic E-state index is 4.94. The molecule has 0 saturated heterocycles. The molecule has 0 aromatic carbocycles. The van der Waals surface area contributed by atoms with Gasteiger partial charge in [-0.25, -0.2) is 0 Å². The number of hydrogen-bond acceptors (Lipinski definition) is 4. The van der Waals surface area contributed by atoms with Crippen molar-refractivity contribution in [2.24, 2.45) is 0 Å². The first-order chi connectivity index (χ1) is 9.00. The molecule has 4 heteroatoms. The van der Waals surface area contributed by atoms with Gasteiger partial charge in [0.15, 0.2) is 0 Å². The zero-order valence-corrected chi connectivity index (χ0v) is 12.6. The minimum absolute atomic E-state index is 1.14. The summed E-state index contributed by atoms with van der Waals surface area (Å²) in [5, 5.41) is 0. The lowest BCUT2D eigenvalue weighted by molar-refractivity contribution is -0.127. The summed E-state index contributed by atoms with van der Waals surface area (Å²) in [5.41, 5.74) is 0. The summed E-state index contributed by atoms with van der Waals surface area (Å²) >= 11 is 1.32. The van der Waals surface area contributed by atoms with Crippen LogP contribution >= 0.6 is 21.9 Å². The molecule has 0 aromatic heterocycles. The Morgan fingerprint density at radius 1 is 0.778 bits per heavy atom. The number of hydrogen-bond donors (Lipinski definition) is 0. The van der Waals surface area contributed by atoms with E-state index < -0.39 is 0 Å². The minimum atomic E-state index is 1.14. The molecule has 1 aliphatic rings. The van der Waals surface area contributed by atoms with Crippen molar-refractivity contribution in [2.45, 2.75) is 57.8 Å². The maximum Gasteiger partial charge on any atom is 0.130 e. The van der Waals surface area contributed by atoms with E-state index in [0.717, 1.165) is 12.2 Å². The first-order valence-corrected chi connectivity index (χ1v) is 9.18. The average molecular weight is 288 g/mol. The molecule has 104 valence electrons. The second-order valence-electron chi connectivity index (χ2n) is 4.43. The highest BCUT2D eigenvalue weighted by atomic mass is 33.1. The Morgan fingerprint density at radius 3 is 2.33 bits per heavy atom. The molecule has 0 aliphatic carbocycles. The van der Waals surface area contributed by atoms with Crippen molar-refractivity contribution in [1.82, 2.24) is 0 Å². The Balaban J connectivity index is 2.13. The van der Waals surface area contributed by atoms with Crippen molar-refractivity contribution >= 4 is 21.9 Å². The van der Waals surface area contributed by atoms with Crippen LogP contribution in [0.4, 0.5) is 0 Å². The first kappa shape index (κ1) is 16.0. The van der Waals surface area contributed by atoms with Crippen LogP contribution < -0.4 is 0 Å². The molecular formula is C14H24O2S2. The number of rotatable bonds is 0. The summed E-state index contributed by atoms with van der Waals surface area (Å²) in [6.45, 7) is 0. The molecule has 0 bridgehead atoms. The number of allylic oxidation sites excluding steroid dienone is 3. The van der Waals surface area contributed by atoms with Crippen LogP contribution in [0.15, 0.2) is 24.5 Å². The molecule has 0 amide bonds. The molecular weight excluding hydrogens is 264 g/mol. The van der Waals surface area contributed by atoms with Crippen LogP contribution in [0.1, 0.15) is 57.8 Å². The summed E-state index contributed by atoms with van der Waals surface area (Å²) in [4.78, 5) is 4.89. The summed E-state index contributed by atoms with van der Waals surface area (Å²) in [6.07, 6.45) is 19.7. The molecule has 18 heavy (non-hydrogen) atoms. The highest BCUT2D eigenvalue weighted by Crippen LogP contribution is 2.24. The summed E-state index contributed by atoms with van der Waals surface area (Å²) < 4.78 is 4.94. The van der Waals surface area contributed by atoms with Crippen LogP contribution in [0.5, 0.6) is 0 Å². The standard InChI is InChI=1S/C14H24O2S2/c1-2-4-6-8-10-12-14-17-18-16-15-13-11-9-7-5-3-1/h7,9,11,13H,1-6,8,10,12,14H2/b9-7+,13-11-. The Hall–Kier alpha value is -0.0600. The van der Waals surface area contributed by atoms with Gasteiger partial charge in [0.25, 0.3) is 0 Å². The van der Waals surface area contributed by atoms with Gasteiger partial charge in [0.2, 0.25) is 0 Å². The van der Waals surface area contributed by atoms with E-state index in [1.165, 1.54) is 62.4 Å². The molecule has 1 heterocycles. The van der Waals surface area contributed by atoms with Gasteiger partial charge in [-0.1, -0.05) is 61.5 Å². The van der Waals surface area contributed by atoms with E-state index in [1.54, 1.807) is 17.1 Å². The Morgan fingerprint density at radius 2 is 1.50 bits per heavy atom. The quantitative estimate of drug-likeness (QED) is 0.317. The Bertz CT molecular complexity index is 206. The molecule has 0 spiro atoms. The van der Waals surface area contributed by atoms with Gasteiger partial charge in [-0.3, -0.25) is 0 Å². The molecule has 0 atom stereocenters. The van der Waals surface area contributed by atoms with Crippen LogP contribution in [-0.4, -0.2) is 5.75 Å². The first-order valence-electron chi connectivity index (χ1n) is 6.93. The third-order valence-corrected chi connectivity index (χ3v) is 4.49. The fourth-order valence-corrected chi connectivity index (χ4v) is 3.11. The summed E-state index contributed by atoms with van der Waals surface area (Å²) in [7, 11) is 1.71. The zero-order chi connectivity index (χ0) is 12.7. The van der Waals surface area contributed by atoms with Crippen LogP contribution in [0.3, 0.4) is 0 Å².